The summed E-state index contributed by atoms with van der Waals surface area (Å²) in [4.78, 5) is 17.2. The van der Waals surface area contributed by atoms with Gasteiger partial charge in [-0.15, -0.1) is 0 Å². The lowest BCUT2D eigenvalue weighted by Gasteiger charge is -2.51. The Morgan fingerprint density at radius 2 is 1.85 bits per heavy atom. The number of aromatic hydroxyl groups is 1. The zero-order chi connectivity index (χ0) is 18.4. The quantitative estimate of drug-likeness (QED) is 0.899. The Balaban J connectivity index is 1.37. The number of nitrogens with zero attached hydrogens (tertiary/aromatic N) is 2. The van der Waals surface area contributed by atoms with Crippen molar-refractivity contribution in [2.75, 3.05) is 26.2 Å². The predicted molar refractivity (Wildman–Crippen MR) is 100 cm³/mol. The first-order chi connectivity index (χ1) is 12.4. The summed E-state index contributed by atoms with van der Waals surface area (Å²) in [5.74, 6) is 0.596. The summed E-state index contributed by atoms with van der Waals surface area (Å²) < 4.78 is 6.48. The van der Waals surface area contributed by atoms with E-state index in [4.69, 9.17) is 4.74 Å². The van der Waals surface area contributed by atoms with Crippen LogP contribution >= 0.6 is 0 Å². The summed E-state index contributed by atoms with van der Waals surface area (Å²) >= 11 is 0. The maximum atomic E-state index is 12.7. The molecular weight excluding hydrogens is 328 g/mol. The van der Waals surface area contributed by atoms with Gasteiger partial charge in [-0.1, -0.05) is 18.2 Å². The van der Waals surface area contributed by atoms with E-state index in [1.807, 2.05) is 23.1 Å². The minimum atomic E-state index is -0.499. The maximum Gasteiger partial charge on any atom is 0.255 e. The second-order valence-electron chi connectivity index (χ2n) is 8.53. The van der Waals surface area contributed by atoms with E-state index in [1.165, 1.54) is 0 Å². The maximum absolute atomic E-state index is 12.7. The lowest BCUT2D eigenvalue weighted by Crippen LogP contribution is -2.64. The standard InChI is InChI=1S/C21H30N2O3/c1-16(2)23-15-20(26-21(8-9-21)19(23)25)10-13-22(14-11-20)12-7-17-5-3-4-6-18(17)24/h3-6,16,24H,7-15H2,1-2H3. The molecule has 1 amide bonds. The summed E-state index contributed by atoms with van der Waals surface area (Å²) in [6, 6.07) is 7.82. The summed E-state index contributed by atoms with van der Waals surface area (Å²) in [5.41, 5.74) is 0.343. The van der Waals surface area contributed by atoms with Gasteiger partial charge in [0.2, 0.25) is 0 Å². The minimum Gasteiger partial charge on any atom is -0.508 e. The summed E-state index contributed by atoms with van der Waals surface area (Å²) in [6.07, 6.45) is 4.58. The van der Waals surface area contributed by atoms with Gasteiger partial charge in [-0.25, -0.2) is 0 Å². The van der Waals surface area contributed by atoms with Crippen molar-refractivity contribution in [3.63, 3.8) is 0 Å². The molecule has 5 nitrogen and oxygen atoms in total. The number of para-hydroxylation sites is 1. The number of carbonyl (C=O) groups is 1. The van der Waals surface area contributed by atoms with E-state index in [0.29, 0.717) is 5.75 Å². The lowest BCUT2D eigenvalue weighted by molar-refractivity contribution is -0.203. The lowest BCUT2D eigenvalue weighted by atomic mass is 9.87. The van der Waals surface area contributed by atoms with Crippen molar-refractivity contribution in [3.05, 3.63) is 29.8 Å². The van der Waals surface area contributed by atoms with Crippen LogP contribution in [0.2, 0.25) is 0 Å². The highest BCUT2D eigenvalue weighted by atomic mass is 16.5. The van der Waals surface area contributed by atoms with E-state index in [2.05, 4.69) is 18.7 Å². The van der Waals surface area contributed by atoms with Crippen LogP contribution < -0.4 is 0 Å². The molecule has 0 aromatic heterocycles. The Bertz CT molecular complexity index is 676. The molecule has 1 N–H and O–H groups in total. The normalized spacial score (nSPS) is 24.6. The smallest absolute Gasteiger partial charge is 0.255 e. The molecule has 0 atom stereocenters. The average Bonchev–Trinajstić information content (AvgIpc) is 3.39. The van der Waals surface area contributed by atoms with Gasteiger partial charge in [-0.3, -0.25) is 4.79 Å². The first-order valence-corrected chi connectivity index (χ1v) is 9.94. The Morgan fingerprint density at radius 3 is 2.46 bits per heavy atom. The third-order valence-corrected chi connectivity index (χ3v) is 6.30. The molecule has 0 bridgehead atoms. The van der Waals surface area contributed by atoms with E-state index in [-0.39, 0.29) is 17.6 Å². The van der Waals surface area contributed by atoms with E-state index in [0.717, 1.165) is 63.8 Å². The summed E-state index contributed by atoms with van der Waals surface area (Å²) in [7, 11) is 0. The fraction of sp³-hybridized carbons (Fsp3) is 0.667. The van der Waals surface area contributed by atoms with Gasteiger partial charge in [-0.05, 0) is 57.6 Å². The van der Waals surface area contributed by atoms with Gasteiger partial charge in [0.25, 0.3) is 5.91 Å². The molecule has 0 radical (unpaired) electrons. The van der Waals surface area contributed by atoms with Crippen molar-refractivity contribution < 1.29 is 14.6 Å². The van der Waals surface area contributed by atoms with Gasteiger partial charge in [-0.2, -0.15) is 0 Å². The van der Waals surface area contributed by atoms with Gasteiger partial charge in [0, 0.05) is 25.7 Å². The molecular formula is C21H30N2O3. The van der Waals surface area contributed by atoms with Crippen LogP contribution in [0.5, 0.6) is 5.75 Å². The molecule has 5 heteroatoms. The van der Waals surface area contributed by atoms with Crippen molar-refractivity contribution in [1.82, 2.24) is 9.80 Å². The SMILES string of the molecule is CC(C)N1CC2(CCN(CCc3ccccc3O)CC2)OC2(CC2)C1=O. The number of morpholine rings is 1. The molecule has 142 valence electrons. The van der Waals surface area contributed by atoms with Crippen molar-refractivity contribution in [1.29, 1.82) is 0 Å². The number of hydrogen-bond acceptors (Lipinski definition) is 4. The van der Waals surface area contributed by atoms with Crippen LogP contribution in [-0.2, 0) is 16.0 Å². The Hall–Kier alpha value is -1.59. The highest BCUT2D eigenvalue weighted by molar-refractivity contribution is 5.89. The van der Waals surface area contributed by atoms with E-state index in [1.54, 1.807) is 6.07 Å². The number of phenolic OH excluding ortho intramolecular Hbond substituents is 1. The highest BCUT2D eigenvalue weighted by Gasteiger charge is 2.62. The predicted octanol–water partition coefficient (Wildman–Crippen LogP) is 2.57. The Labute approximate surface area is 155 Å². The minimum absolute atomic E-state index is 0.167. The van der Waals surface area contributed by atoms with Crippen LogP contribution in [0.1, 0.15) is 45.1 Å². The van der Waals surface area contributed by atoms with Crippen LogP contribution in [0.4, 0.5) is 0 Å². The second-order valence-corrected chi connectivity index (χ2v) is 8.53. The number of phenols is 1. The molecule has 4 rings (SSSR count). The molecule has 2 saturated heterocycles. The van der Waals surface area contributed by atoms with Crippen molar-refractivity contribution in [2.45, 2.75) is 63.2 Å². The van der Waals surface area contributed by atoms with Gasteiger partial charge in [0.1, 0.15) is 11.4 Å². The Kier molecular flexibility index (Phi) is 4.48. The molecule has 2 spiro atoms. The number of carbonyl (C=O) groups excluding carboxylic acids is 1. The van der Waals surface area contributed by atoms with Gasteiger partial charge in [0.15, 0.2) is 0 Å². The summed E-state index contributed by atoms with van der Waals surface area (Å²) in [5, 5.41) is 9.93. The Morgan fingerprint density at radius 1 is 1.15 bits per heavy atom. The number of piperidine rings is 1. The first-order valence-electron chi connectivity index (χ1n) is 9.94. The number of likely N-dealkylation sites (tertiary alicyclic amines) is 1. The zero-order valence-electron chi connectivity index (χ0n) is 15.9. The molecule has 2 aliphatic heterocycles. The highest BCUT2D eigenvalue weighted by Crippen LogP contribution is 2.50. The zero-order valence-corrected chi connectivity index (χ0v) is 15.9. The van der Waals surface area contributed by atoms with Crippen LogP contribution in [0.25, 0.3) is 0 Å². The van der Waals surface area contributed by atoms with Gasteiger partial charge < -0.3 is 19.6 Å². The largest absolute Gasteiger partial charge is 0.508 e. The molecule has 3 aliphatic rings. The van der Waals surface area contributed by atoms with Crippen LogP contribution in [0.15, 0.2) is 24.3 Å². The van der Waals surface area contributed by atoms with Gasteiger partial charge in [0.05, 0.1) is 12.1 Å². The first kappa shape index (κ1) is 17.8. The van der Waals surface area contributed by atoms with Gasteiger partial charge >= 0.3 is 0 Å². The molecule has 3 fully saturated rings. The summed E-state index contributed by atoms with van der Waals surface area (Å²) in [6.45, 7) is 7.88. The third kappa shape index (κ3) is 3.23. The number of ether oxygens (including phenoxy) is 1. The molecule has 1 saturated carbocycles. The van der Waals surface area contributed by atoms with Crippen LogP contribution in [0.3, 0.4) is 0 Å². The van der Waals surface area contributed by atoms with E-state index in [9.17, 15) is 9.90 Å². The molecule has 2 heterocycles. The topological polar surface area (TPSA) is 53.0 Å². The molecule has 26 heavy (non-hydrogen) atoms. The fourth-order valence-electron chi connectivity index (χ4n) is 4.43. The molecule has 1 aromatic rings. The molecule has 0 unspecified atom stereocenters. The number of benzene rings is 1. The average molecular weight is 358 g/mol. The van der Waals surface area contributed by atoms with E-state index >= 15 is 0 Å². The van der Waals surface area contributed by atoms with Crippen molar-refractivity contribution >= 4 is 5.91 Å². The molecule has 1 aliphatic carbocycles. The van der Waals surface area contributed by atoms with Crippen molar-refractivity contribution in [3.8, 4) is 5.75 Å². The number of amides is 1. The van der Waals surface area contributed by atoms with E-state index < -0.39 is 5.60 Å². The monoisotopic (exact) mass is 358 g/mol. The van der Waals surface area contributed by atoms with Crippen molar-refractivity contribution in [2.24, 2.45) is 0 Å². The second kappa shape index (κ2) is 6.54. The third-order valence-electron chi connectivity index (χ3n) is 6.30. The molecule has 1 aromatic carbocycles. The van der Waals surface area contributed by atoms with Crippen LogP contribution in [-0.4, -0.2) is 64.2 Å². The number of hydrogen-bond donors (Lipinski definition) is 1. The fourth-order valence-corrected chi connectivity index (χ4v) is 4.43. The number of rotatable bonds is 4. The van der Waals surface area contributed by atoms with Crippen LogP contribution in [0, 0.1) is 0 Å².